The summed E-state index contributed by atoms with van der Waals surface area (Å²) in [4.78, 5) is 11.9. The Balaban J connectivity index is 2.66. The third kappa shape index (κ3) is 5.11. The van der Waals surface area contributed by atoms with Gasteiger partial charge in [-0.05, 0) is 66.5 Å². The number of carbonyl (C=O) groups excluding carboxylic acids is 1. The molecule has 29 heavy (non-hydrogen) atoms. The first-order valence-corrected chi connectivity index (χ1v) is 9.35. The Hall–Kier alpha value is -2.49. The van der Waals surface area contributed by atoms with E-state index in [0.29, 0.717) is 16.7 Å². The molecule has 0 radical (unpaired) electrons. The van der Waals surface area contributed by atoms with E-state index in [-0.39, 0.29) is 23.4 Å². The number of ketones is 1. The molecular weight excluding hydrogens is 456 g/mol. The minimum Gasteiger partial charge on any atom is -0.294 e. The number of nitrogens with zero attached hydrogens (tertiary/aromatic N) is 4. The molecular formula is C19H19BrF4N4O. The summed E-state index contributed by atoms with van der Waals surface area (Å²) in [6, 6.07) is 4.20. The summed E-state index contributed by atoms with van der Waals surface area (Å²) in [5, 5.41) is 9.02. The van der Waals surface area contributed by atoms with Gasteiger partial charge in [0.1, 0.15) is 10.4 Å². The maximum absolute atomic E-state index is 13.6. The first-order valence-electron chi connectivity index (χ1n) is 8.56. The molecule has 0 saturated heterocycles. The molecule has 0 aliphatic rings. The van der Waals surface area contributed by atoms with E-state index in [0.717, 1.165) is 22.9 Å². The normalized spacial score (nSPS) is 12.6. The zero-order valence-corrected chi connectivity index (χ0v) is 17.6. The SMILES string of the molecule is C=NN(CC)/C(Br)=C(\C)Cc1cc(C(F)(F)F)nn1-c1ccc(F)cc1C(C)=O. The van der Waals surface area contributed by atoms with Gasteiger partial charge >= 0.3 is 6.18 Å². The number of benzene rings is 1. The maximum atomic E-state index is 13.6. The molecule has 2 aromatic rings. The zero-order chi connectivity index (χ0) is 21.9. The van der Waals surface area contributed by atoms with Crippen molar-refractivity contribution in [3.05, 3.63) is 57.2 Å². The van der Waals surface area contributed by atoms with Crippen LogP contribution in [0.25, 0.3) is 5.69 Å². The molecule has 2 rings (SSSR count). The number of hydrogen-bond donors (Lipinski definition) is 0. The lowest BCUT2D eigenvalue weighted by Gasteiger charge is -2.18. The second-order valence-corrected chi connectivity index (χ2v) is 7.00. The summed E-state index contributed by atoms with van der Waals surface area (Å²) >= 11 is 3.38. The van der Waals surface area contributed by atoms with Crippen LogP contribution in [-0.2, 0) is 12.6 Å². The summed E-state index contributed by atoms with van der Waals surface area (Å²) in [7, 11) is 0. The van der Waals surface area contributed by atoms with Crippen molar-refractivity contribution in [1.29, 1.82) is 0 Å². The number of alkyl halides is 3. The zero-order valence-electron chi connectivity index (χ0n) is 16.0. The number of hydrazone groups is 1. The quantitative estimate of drug-likeness (QED) is 0.179. The van der Waals surface area contributed by atoms with E-state index in [9.17, 15) is 22.4 Å². The van der Waals surface area contributed by atoms with E-state index < -0.39 is 23.5 Å². The van der Waals surface area contributed by atoms with Crippen LogP contribution in [-0.4, -0.2) is 33.8 Å². The molecule has 5 nitrogen and oxygen atoms in total. The molecule has 1 heterocycles. The van der Waals surface area contributed by atoms with E-state index >= 15 is 0 Å². The maximum Gasteiger partial charge on any atom is 0.435 e. The molecule has 0 spiro atoms. The minimum absolute atomic E-state index is 0.0632. The largest absolute Gasteiger partial charge is 0.435 e. The monoisotopic (exact) mass is 474 g/mol. The van der Waals surface area contributed by atoms with E-state index in [1.54, 1.807) is 11.9 Å². The van der Waals surface area contributed by atoms with Crippen LogP contribution < -0.4 is 0 Å². The molecule has 156 valence electrons. The fourth-order valence-electron chi connectivity index (χ4n) is 2.73. The summed E-state index contributed by atoms with van der Waals surface area (Å²) in [6.45, 7) is 8.73. The average molecular weight is 475 g/mol. The van der Waals surface area contributed by atoms with Gasteiger partial charge < -0.3 is 0 Å². The fourth-order valence-corrected chi connectivity index (χ4v) is 3.24. The van der Waals surface area contributed by atoms with E-state index in [1.165, 1.54) is 13.0 Å². The summed E-state index contributed by atoms with van der Waals surface area (Å²) in [6.07, 6.45) is -4.60. The number of allylic oxidation sites excluding steroid dienone is 1. The van der Waals surface area contributed by atoms with Gasteiger partial charge in [0.2, 0.25) is 0 Å². The van der Waals surface area contributed by atoms with Gasteiger partial charge in [-0.15, -0.1) is 0 Å². The van der Waals surface area contributed by atoms with Gasteiger partial charge in [-0.3, -0.25) is 9.80 Å². The van der Waals surface area contributed by atoms with Crippen LogP contribution in [0.5, 0.6) is 0 Å². The Bertz CT molecular complexity index is 966. The molecule has 1 aromatic heterocycles. The van der Waals surface area contributed by atoms with Crippen LogP contribution in [0, 0.1) is 5.82 Å². The minimum atomic E-state index is -4.68. The third-order valence-electron chi connectivity index (χ3n) is 4.13. The number of aromatic nitrogens is 2. The first kappa shape index (κ1) is 22.8. The number of Topliss-reactive ketones (excluding diaryl/α,β-unsaturated/α-hetero) is 1. The highest BCUT2D eigenvalue weighted by Crippen LogP contribution is 2.32. The van der Waals surface area contributed by atoms with Crippen molar-refractivity contribution in [2.24, 2.45) is 5.10 Å². The number of hydrogen-bond acceptors (Lipinski definition) is 4. The molecule has 1 aromatic carbocycles. The predicted octanol–water partition coefficient (Wildman–Crippen LogP) is 5.34. The Morgan fingerprint density at radius 1 is 1.31 bits per heavy atom. The average Bonchev–Trinajstić information content (AvgIpc) is 3.06. The molecule has 0 fully saturated rings. The third-order valence-corrected chi connectivity index (χ3v) is 5.22. The Morgan fingerprint density at radius 2 is 1.97 bits per heavy atom. The van der Waals surface area contributed by atoms with Crippen molar-refractivity contribution in [1.82, 2.24) is 14.8 Å². The lowest BCUT2D eigenvalue weighted by molar-refractivity contribution is -0.141. The summed E-state index contributed by atoms with van der Waals surface area (Å²) in [5.74, 6) is -1.16. The number of rotatable bonds is 7. The van der Waals surface area contributed by atoms with Gasteiger partial charge in [-0.2, -0.15) is 23.4 Å². The van der Waals surface area contributed by atoms with Crippen molar-refractivity contribution in [2.45, 2.75) is 33.4 Å². The topological polar surface area (TPSA) is 50.5 Å². The summed E-state index contributed by atoms with van der Waals surface area (Å²) in [5.41, 5.74) is -0.250. The fraction of sp³-hybridized carbons (Fsp3) is 0.316. The van der Waals surface area contributed by atoms with Crippen molar-refractivity contribution < 1.29 is 22.4 Å². The van der Waals surface area contributed by atoms with E-state index in [2.05, 4.69) is 32.8 Å². The van der Waals surface area contributed by atoms with Crippen LogP contribution in [0.15, 0.2) is 39.5 Å². The van der Waals surface area contributed by atoms with Gasteiger partial charge in [0.25, 0.3) is 0 Å². The van der Waals surface area contributed by atoms with Crippen LogP contribution in [0.2, 0.25) is 0 Å². The lowest BCUT2D eigenvalue weighted by atomic mass is 10.1. The van der Waals surface area contributed by atoms with Crippen molar-refractivity contribution in [3.8, 4) is 5.69 Å². The standard InChI is InChI=1S/C19H19BrF4N4O/c1-5-27(25-4)18(20)11(2)8-14-10-17(19(22,23)24)26-28(14)16-7-6-13(21)9-15(16)12(3)29/h6-7,9-10H,4-5,8H2,1-3H3/b18-11+. The van der Waals surface area contributed by atoms with E-state index in [4.69, 9.17) is 0 Å². The second-order valence-electron chi connectivity index (χ2n) is 6.25. The van der Waals surface area contributed by atoms with Crippen molar-refractivity contribution in [3.63, 3.8) is 0 Å². The van der Waals surface area contributed by atoms with E-state index in [1.807, 2.05) is 6.92 Å². The van der Waals surface area contributed by atoms with Crippen molar-refractivity contribution in [2.75, 3.05) is 6.54 Å². The number of carbonyl (C=O) groups is 1. The summed E-state index contributed by atoms with van der Waals surface area (Å²) < 4.78 is 55.1. The highest BCUT2D eigenvalue weighted by molar-refractivity contribution is 9.11. The van der Waals surface area contributed by atoms with Gasteiger partial charge in [0.05, 0.1) is 5.69 Å². The van der Waals surface area contributed by atoms with Crippen LogP contribution in [0.4, 0.5) is 17.6 Å². The first-order chi connectivity index (χ1) is 13.5. The smallest absolute Gasteiger partial charge is 0.294 e. The molecule has 0 atom stereocenters. The van der Waals surface area contributed by atoms with Crippen LogP contribution >= 0.6 is 15.9 Å². The molecule has 10 heteroatoms. The molecule has 0 N–H and O–H groups in total. The highest BCUT2D eigenvalue weighted by atomic mass is 79.9. The molecule has 0 saturated carbocycles. The Labute approximate surface area is 173 Å². The molecule has 0 bridgehead atoms. The number of halogens is 5. The molecule has 0 amide bonds. The molecule has 0 aliphatic carbocycles. The van der Waals surface area contributed by atoms with Crippen LogP contribution in [0.3, 0.4) is 0 Å². The Morgan fingerprint density at radius 3 is 2.48 bits per heavy atom. The van der Waals surface area contributed by atoms with Gasteiger partial charge in [0.15, 0.2) is 11.5 Å². The highest BCUT2D eigenvalue weighted by Gasteiger charge is 2.35. The lowest BCUT2D eigenvalue weighted by Crippen LogP contribution is -2.15. The van der Waals surface area contributed by atoms with Gasteiger partial charge in [-0.25, -0.2) is 9.07 Å². The Kier molecular flexibility index (Phi) is 6.99. The molecule has 0 aliphatic heterocycles. The van der Waals surface area contributed by atoms with Crippen LogP contribution in [0.1, 0.15) is 42.5 Å². The van der Waals surface area contributed by atoms with Crippen molar-refractivity contribution >= 4 is 28.4 Å². The van der Waals surface area contributed by atoms with Gasteiger partial charge in [-0.1, -0.05) is 0 Å². The van der Waals surface area contributed by atoms with Gasteiger partial charge in [0, 0.05) is 30.9 Å². The second kappa shape index (κ2) is 8.89. The predicted molar refractivity (Wildman–Crippen MR) is 106 cm³/mol. The molecule has 0 unspecified atom stereocenters.